The van der Waals surface area contributed by atoms with E-state index in [0.717, 1.165) is 0 Å². The maximum absolute atomic E-state index is 12.0. The van der Waals surface area contributed by atoms with Crippen LogP contribution in [0.5, 0.6) is 0 Å². The largest absolute Gasteiger partial charge is 0.329 e. The molecule has 2 aromatic carbocycles. The van der Waals surface area contributed by atoms with E-state index < -0.39 is 0 Å². The van der Waals surface area contributed by atoms with Gasteiger partial charge in [0, 0.05) is 30.6 Å². The Balaban J connectivity index is 0.000000168. The number of aromatic nitrogens is 8. The first-order valence-corrected chi connectivity index (χ1v) is 10.7. The number of anilines is 2. The second-order valence-corrected chi connectivity index (χ2v) is 7.28. The summed E-state index contributed by atoms with van der Waals surface area (Å²) in [5, 5.41) is 5.43. The van der Waals surface area contributed by atoms with E-state index >= 15 is 0 Å². The molecule has 0 radical (unpaired) electrons. The average molecular weight is 544 g/mol. The molecule has 0 spiro atoms. The van der Waals surface area contributed by atoms with Gasteiger partial charge in [0.1, 0.15) is 12.7 Å². The van der Waals surface area contributed by atoms with Gasteiger partial charge in [-0.15, -0.1) is 0 Å². The fraction of sp³-hybridized carbons (Fsp3) is 0. The van der Waals surface area contributed by atoms with Crippen LogP contribution in [0.4, 0.5) is 11.6 Å². The number of benzene rings is 2. The summed E-state index contributed by atoms with van der Waals surface area (Å²) in [6.07, 6.45) is 5.78. The van der Waals surface area contributed by atoms with Crippen LogP contribution in [0.1, 0.15) is 20.7 Å². The van der Waals surface area contributed by atoms with E-state index in [4.69, 9.17) is 0 Å². The molecule has 12 nitrogen and oxygen atoms in total. The molecule has 0 saturated heterocycles. The molecule has 4 heterocycles. The molecule has 0 atom stereocenters. The average Bonchev–Trinajstić information content (AvgIpc) is 3.61. The van der Waals surface area contributed by atoms with Crippen LogP contribution >= 0.6 is 0 Å². The molecule has 0 aliphatic rings. The maximum Gasteiger partial charge on any atom is 0.256 e. The van der Waals surface area contributed by atoms with E-state index in [2.05, 4.69) is 50.5 Å². The second-order valence-electron chi connectivity index (χ2n) is 7.28. The molecule has 178 valence electrons. The van der Waals surface area contributed by atoms with E-state index in [9.17, 15) is 9.59 Å². The molecule has 13 heteroatoms. The van der Waals surface area contributed by atoms with E-state index in [-0.39, 0.29) is 31.3 Å². The number of rotatable bonds is 4. The third-order valence-electron chi connectivity index (χ3n) is 4.97. The predicted molar refractivity (Wildman–Crippen MR) is 132 cm³/mol. The van der Waals surface area contributed by atoms with Gasteiger partial charge in [-0.05, 0) is 24.3 Å². The minimum absolute atomic E-state index is 0. The number of fused-ring (bicyclic) bond motifs is 2. The van der Waals surface area contributed by atoms with Gasteiger partial charge >= 0.3 is 0 Å². The fourth-order valence-electron chi connectivity index (χ4n) is 3.25. The van der Waals surface area contributed by atoms with Crippen LogP contribution in [-0.4, -0.2) is 51.7 Å². The molecule has 0 unspecified atom stereocenters. The molecule has 0 aliphatic heterocycles. The summed E-state index contributed by atoms with van der Waals surface area (Å²) in [5.41, 5.74) is 3.41. The molecule has 4 N–H and O–H groups in total. The summed E-state index contributed by atoms with van der Waals surface area (Å²) in [6, 6.07) is 17.9. The van der Waals surface area contributed by atoms with Gasteiger partial charge in [-0.1, -0.05) is 36.4 Å². The van der Waals surface area contributed by atoms with E-state index in [1.807, 2.05) is 12.1 Å². The van der Waals surface area contributed by atoms with Crippen molar-refractivity contribution in [1.82, 2.24) is 39.9 Å². The van der Waals surface area contributed by atoms with Crippen molar-refractivity contribution >= 4 is 45.8 Å². The Morgan fingerprint density at radius 3 is 1.38 bits per heavy atom. The van der Waals surface area contributed by atoms with Gasteiger partial charge in [0.25, 0.3) is 11.8 Å². The van der Waals surface area contributed by atoms with E-state index in [1.165, 1.54) is 25.3 Å². The number of carbonyl (C=O) groups is 2. The fourth-order valence-corrected chi connectivity index (χ4v) is 3.25. The van der Waals surface area contributed by atoms with Crippen LogP contribution in [0.15, 0.2) is 86.0 Å². The number of carbonyl (C=O) groups excluding carboxylic acids is 2. The predicted octanol–water partition coefficient (Wildman–Crippen LogP) is 3.21. The van der Waals surface area contributed by atoms with Crippen molar-refractivity contribution in [2.24, 2.45) is 0 Å². The SMILES string of the molecule is O=C(Nc1ncnc2[nH]cnc12)c1ccccc1.O=C(Nc1ncnc2[nH]cnc12)c1ccccc1.[Zn]. The topological polar surface area (TPSA) is 167 Å². The number of imidazole rings is 2. The summed E-state index contributed by atoms with van der Waals surface area (Å²) in [7, 11) is 0. The first-order valence-electron chi connectivity index (χ1n) is 10.7. The van der Waals surface area contributed by atoms with E-state index in [0.29, 0.717) is 45.1 Å². The number of amides is 2. The number of nitrogens with one attached hydrogen (secondary N) is 4. The monoisotopic (exact) mass is 542 g/mol. The number of nitrogens with zero attached hydrogens (tertiary/aromatic N) is 6. The zero-order valence-electron chi connectivity index (χ0n) is 19.3. The van der Waals surface area contributed by atoms with Crippen molar-refractivity contribution in [3.05, 3.63) is 97.1 Å². The quantitative estimate of drug-likeness (QED) is 0.246. The molecule has 6 rings (SSSR count). The molecule has 2 amide bonds. The molecule has 0 aliphatic carbocycles. The molecule has 6 aromatic rings. The third-order valence-corrected chi connectivity index (χ3v) is 4.97. The van der Waals surface area contributed by atoms with Gasteiger partial charge in [-0.2, -0.15) is 0 Å². The summed E-state index contributed by atoms with van der Waals surface area (Å²) in [4.78, 5) is 53.8. The van der Waals surface area contributed by atoms with Crippen molar-refractivity contribution in [2.75, 3.05) is 10.6 Å². The Hall–Kier alpha value is -4.90. The van der Waals surface area contributed by atoms with Gasteiger partial charge in [0.15, 0.2) is 34.0 Å². The molecule has 0 saturated carbocycles. The van der Waals surface area contributed by atoms with Gasteiger partial charge in [-0.25, -0.2) is 29.9 Å². The number of hydrogen-bond acceptors (Lipinski definition) is 8. The standard InChI is InChI=1S/2C12H9N5O.Zn/c2*18-12(8-4-2-1-3-5-8)17-11-9-10(14-6-13-9)15-7-16-11;/h2*1-7H,(H2,13,14,15,16,17,18);. The minimum atomic E-state index is -0.224. The first kappa shape index (κ1) is 25.2. The normalized spacial score (nSPS) is 10.2. The van der Waals surface area contributed by atoms with Gasteiger partial charge in [0.2, 0.25) is 0 Å². The molecular weight excluding hydrogens is 526 g/mol. The molecule has 4 aromatic heterocycles. The van der Waals surface area contributed by atoms with Crippen LogP contribution in [0.2, 0.25) is 0 Å². The van der Waals surface area contributed by atoms with Gasteiger partial charge in [-0.3, -0.25) is 9.59 Å². The Bertz CT molecular complexity index is 1510. The number of aromatic amines is 2. The maximum atomic E-state index is 12.0. The van der Waals surface area contributed by atoms with Crippen molar-refractivity contribution in [3.8, 4) is 0 Å². The molecule has 0 fully saturated rings. The summed E-state index contributed by atoms with van der Waals surface area (Å²) >= 11 is 0. The van der Waals surface area contributed by atoms with Gasteiger partial charge < -0.3 is 20.6 Å². The first-order chi connectivity index (χ1) is 17.7. The Kier molecular flexibility index (Phi) is 7.96. The van der Waals surface area contributed by atoms with Crippen LogP contribution in [0.3, 0.4) is 0 Å². The van der Waals surface area contributed by atoms with Crippen molar-refractivity contribution in [1.29, 1.82) is 0 Å². The summed E-state index contributed by atoms with van der Waals surface area (Å²) in [6.45, 7) is 0. The van der Waals surface area contributed by atoms with Crippen LogP contribution in [0.25, 0.3) is 22.3 Å². The summed E-state index contributed by atoms with van der Waals surface area (Å²) in [5.74, 6) is 0.349. The molecular formula is C24H18N10O2Zn. The Morgan fingerprint density at radius 1 is 0.568 bits per heavy atom. The zero-order chi connectivity index (χ0) is 24.7. The van der Waals surface area contributed by atoms with Gasteiger partial charge in [0.05, 0.1) is 12.7 Å². The smallest absolute Gasteiger partial charge is 0.256 e. The molecule has 37 heavy (non-hydrogen) atoms. The minimum Gasteiger partial charge on any atom is -0.329 e. The number of hydrogen-bond donors (Lipinski definition) is 4. The molecule has 0 bridgehead atoms. The van der Waals surface area contributed by atoms with Crippen molar-refractivity contribution < 1.29 is 29.1 Å². The Morgan fingerprint density at radius 2 is 0.973 bits per heavy atom. The van der Waals surface area contributed by atoms with Crippen molar-refractivity contribution in [3.63, 3.8) is 0 Å². The van der Waals surface area contributed by atoms with Crippen LogP contribution in [0, 0.1) is 0 Å². The summed E-state index contributed by atoms with van der Waals surface area (Å²) < 4.78 is 0. The van der Waals surface area contributed by atoms with Crippen LogP contribution in [-0.2, 0) is 19.5 Å². The second kappa shape index (κ2) is 11.7. The zero-order valence-corrected chi connectivity index (χ0v) is 22.3. The number of H-pyrrole nitrogens is 2. The Labute approximate surface area is 222 Å². The van der Waals surface area contributed by atoms with Crippen LogP contribution < -0.4 is 10.6 Å². The van der Waals surface area contributed by atoms with E-state index in [1.54, 1.807) is 48.5 Å². The third kappa shape index (κ3) is 5.85. The van der Waals surface area contributed by atoms with Crippen molar-refractivity contribution in [2.45, 2.75) is 0 Å².